The molecular weight excluding hydrogens is 194 g/mol. The molecular formula is C11H19NO3. The Morgan fingerprint density at radius 3 is 2.40 bits per heavy atom. The Morgan fingerprint density at radius 2 is 2.00 bits per heavy atom. The van der Waals surface area contributed by atoms with Crippen LogP contribution in [0.5, 0.6) is 0 Å². The molecule has 1 fully saturated rings. The second-order valence-electron chi connectivity index (χ2n) is 4.12. The fourth-order valence-corrected chi connectivity index (χ4v) is 2.06. The highest BCUT2D eigenvalue weighted by Gasteiger charge is 2.32. The summed E-state index contributed by atoms with van der Waals surface area (Å²) in [6.45, 7) is 4.99. The summed E-state index contributed by atoms with van der Waals surface area (Å²) in [6.07, 6.45) is 2.27. The molecule has 4 heteroatoms. The van der Waals surface area contributed by atoms with Crippen molar-refractivity contribution >= 4 is 11.9 Å². The van der Waals surface area contributed by atoms with Gasteiger partial charge in [-0.1, -0.05) is 13.8 Å². The highest BCUT2D eigenvalue weighted by molar-refractivity contribution is 5.80. The van der Waals surface area contributed by atoms with Gasteiger partial charge in [0.25, 0.3) is 0 Å². The molecule has 1 aliphatic rings. The van der Waals surface area contributed by atoms with Crippen molar-refractivity contribution in [1.29, 1.82) is 0 Å². The normalized spacial score (nSPS) is 21.0. The molecule has 0 radical (unpaired) electrons. The van der Waals surface area contributed by atoms with Crippen LogP contribution < -0.4 is 0 Å². The molecule has 1 rings (SSSR count). The Morgan fingerprint density at radius 1 is 1.40 bits per heavy atom. The first-order chi connectivity index (χ1) is 7.10. The Labute approximate surface area is 90.3 Å². The zero-order valence-corrected chi connectivity index (χ0v) is 9.40. The summed E-state index contributed by atoms with van der Waals surface area (Å²) >= 11 is 0. The first kappa shape index (κ1) is 12.0. The summed E-state index contributed by atoms with van der Waals surface area (Å²) in [6, 6.07) is 0. The van der Waals surface area contributed by atoms with Gasteiger partial charge in [0.1, 0.15) is 0 Å². The summed E-state index contributed by atoms with van der Waals surface area (Å²) in [4.78, 5) is 24.4. The number of carboxylic acid groups (broad SMARTS) is 1. The summed E-state index contributed by atoms with van der Waals surface area (Å²) in [5.74, 6) is -0.945. The minimum Gasteiger partial charge on any atom is -0.481 e. The standard InChI is InChI=1S/C11H19NO3/c1-3-8(4-2)10(13)12-6-5-9(7-12)11(14)15/h8-9H,3-7H2,1-2H3,(H,14,15)/t9-/m1/s1. The third kappa shape index (κ3) is 2.70. The maximum Gasteiger partial charge on any atom is 0.308 e. The van der Waals surface area contributed by atoms with Crippen LogP contribution in [0.1, 0.15) is 33.1 Å². The molecule has 0 aromatic rings. The molecule has 1 N–H and O–H groups in total. The minimum atomic E-state index is -0.783. The van der Waals surface area contributed by atoms with Gasteiger partial charge in [-0.05, 0) is 19.3 Å². The number of aliphatic carboxylic acids is 1. The van der Waals surface area contributed by atoms with Crippen LogP contribution in [0.4, 0.5) is 0 Å². The van der Waals surface area contributed by atoms with Crippen LogP contribution >= 0.6 is 0 Å². The SMILES string of the molecule is CCC(CC)C(=O)N1CC[C@@H](C(=O)O)C1. The van der Waals surface area contributed by atoms with Crippen LogP contribution in [-0.2, 0) is 9.59 Å². The van der Waals surface area contributed by atoms with Crippen molar-refractivity contribution in [2.75, 3.05) is 13.1 Å². The summed E-state index contributed by atoms with van der Waals surface area (Å²) in [5, 5.41) is 8.83. The monoisotopic (exact) mass is 213 g/mol. The molecule has 0 saturated carbocycles. The van der Waals surface area contributed by atoms with E-state index >= 15 is 0 Å². The van der Waals surface area contributed by atoms with Crippen molar-refractivity contribution in [2.24, 2.45) is 11.8 Å². The number of hydrogen-bond donors (Lipinski definition) is 1. The summed E-state index contributed by atoms with van der Waals surface area (Å²) in [5.41, 5.74) is 0. The molecule has 1 saturated heterocycles. The molecule has 86 valence electrons. The fourth-order valence-electron chi connectivity index (χ4n) is 2.06. The number of amides is 1. The first-order valence-electron chi connectivity index (χ1n) is 5.61. The van der Waals surface area contributed by atoms with Crippen LogP contribution in [0.2, 0.25) is 0 Å². The van der Waals surface area contributed by atoms with E-state index in [1.54, 1.807) is 4.90 Å². The molecule has 0 bridgehead atoms. The van der Waals surface area contributed by atoms with Gasteiger partial charge in [-0.2, -0.15) is 0 Å². The summed E-state index contributed by atoms with van der Waals surface area (Å²) in [7, 11) is 0. The van der Waals surface area contributed by atoms with E-state index in [1.807, 2.05) is 13.8 Å². The van der Waals surface area contributed by atoms with Crippen molar-refractivity contribution in [3.63, 3.8) is 0 Å². The topological polar surface area (TPSA) is 57.6 Å². The van der Waals surface area contributed by atoms with Crippen LogP contribution in [0.3, 0.4) is 0 Å². The van der Waals surface area contributed by atoms with E-state index in [0.29, 0.717) is 19.5 Å². The molecule has 4 nitrogen and oxygen atoms in total. The number of carbonyl (C=O) groups is 2. The van der Waals surface area contributed by atoms with E-state index in [4.69, 9.17) is 5.11 Å². The molecule has 1 atom stereocenters. The van der Waals surface area contributed by atoms with Gasteiger partial charge in [-0.15, -0.1) is 0 Å². The van der Waals surface area contributed by atoms with Crippen LogP contribution in [0.25, 0.3) is 0 Å². The van der Waals surface area contributed by atoms with Crippen LogP contribution in [-0.4, -0.2) is 35.0 Å². The molecule has 0 unspecified atom stereocenters. The smallest absolute Gasteiger partial charge is 0.308 e. The number of carbonyl (C=O) groups excluding carboxylic acids is 1. The van der Waals surface area contributed by atoms with Gasteiger partial charge in [-0.3, -0.25) is 9.59 Å². The van der Waals surface area contributed by atoms with Crippen LogP contribution in [0, 0.1) is 11.8 Å². The van der Waals surface area contributed by atoms with Crippen molar-refractivity contribution < 1.29 is 14.7 Å². The van der Waals surface area contributed by atoms with Crippen molar-refractivity contribution in [1.82, 2.24) is 4.90 Å². The van der Waals surface area contributed by atoms with Crippen molar-refractivity contribution in [3.8, 4) is 0 Å². The van der Waals surface area contributed by atoms with E-state index in [0.717, 1.165) is 12.8 Å². The number of nitrogens with zero attached hydrogens (tertiary/aromatic N) is 1. The Balaban J connectivity index is 2.53. The van der Waals surface area contributed by atoms with Gasteiger partial charge < -0.3 is 10.0 Å². The maximum absolute atomic E-state index is 11.9. The fraction of sp³-hybridized carbons (Fsp3) is 0.818. The Kier molecular flexibility index (Phi) is 4.12. The van der Waals surface area contributed by atoms with Gasteiger partial charge in [-0.25, -0.2) is 0 Å². The van der Waals surface area contributed by atoms with Gasteiger partial charge in [0.15, 0.2) is 0 Å². The lowest BCUT2D eigenvalue weighted by atomic mass is 10.0. The zero-order chi connectivity index (χ0) is 11.4. The van der Waals surface area contributed by atoms with E-state index in [1.165, 1.54) is 0 Å². The lowest BCUT2D eigenvalue weighted by Crippen LogP contribution is -2.34. The molecule has 15 heavy (non-hydrogen) atoms. The quantitative estimate of drug-likeness (QED) is 0.767. The summed E-state index contributed by atoms with van der Waals surface area (Å²) < 4.78 is 0. The Bertz CT molecular complexity index is 248. The second kappa shape index (κ2) is 5.14. The Hall–Kier alpha value is -1.06. The molecule has 0 aromatic heterocycles. The highest BCUT2D eigenvalue weighted by atomic mass is 16.4. The number of rotatable bonds is 4. The average Bonchev–Trinajstić information content (AvgIpc) is 2.68. The molecule has 0 aliphatic carbocycles. The van der Waals surface area contributed by atoms with Crippen molar-refractivity contribution in [2.45, 2.75) is 33.1 Å². The van der Waals surface area contributed by atoms with E-state index in [2.05, 4.69) is 0 Å². The van der Waals surface area contributed by atoms with Gasteiger partial charge in [0, 0.05) is 19.0 Å². The van der Waals surface area contributed by atoms with Crippen LogP contribution in [0.15, 0.2) is 0 Å². The van der Waals surface area contributed by atoms with Gasteiger partial charge in [0.05, 0.1) is 5.92 Å². The van der Waals surface area contributed by atoms with Gasteiger partial charge in [0.2, 0.25) is 5.91 Å². The average molecular weight is 213 g/mol. The minimum absolute atomic E-state index is 0.0672. The number of hydrogen-bond acceptors (Lipinski definition) is 2. The van der Waals surface area contributed by atoms with E-state index < -0.39 is 5.97 Å². The lowest BCUT2D eigenvalue weighted by Gasteiger charge is -2.21. The van der Waals surface area contributed by atoms with Crippen molar-refractivity contribution in [3.05, 3.63) is 0 Å². The lowest BCUT2D eigenvalue weighted by molar-refractivity contribution is -0.141. The highest BCUT2D eigenvalue weighted by Crippen LogP contribution is 2.20. The molecule has 0 spiro atoms. The van der Waals surface area contributed by atoms with E-state index in [9.17, 15) is 9.59 Å². The first-order valence-corrected chi connectivity index (χ1v) is 5.61. The predicted molar refractivity (Wildman–Crippen MR) is 56.4 cm³/mol. The predicted octanol–water partition coefficient (Wildman–Crippen LogP) is 1.36. The molecule has 1 heterocycles. The number of carboxylic acids is 1. The second-order valence-corrected chi connectivity index (χ2v) is 4.12. The third-order valence-electron chi connectivity index (χ3n) is 3.18. The number of likely N-dealkylation sites (tertiary alicyclic amines) is 1. The van der Waals surface area contributed by atoms with E-state index in [-0.39, 0.29) is 17.7 Å². The third-order valence-corrected chi connectivity index (χ3v) is 3.18. The van der Waals surface area contributed by atoms with Gasteiger partial charge >= 0.3 is 5.97 Å². The molecule has 1 amide bonds. The maximum atomic E-state index is 11.9. The largest absolute Gasteiger partial charge is 0.481 e. The molecule has 1 aliphatic heterocycles. The molecule has 0 aromatic carbocycles. The zero-order valence-electron chi connectivity index (χ0n) is 9.40.